The third-order valence-corrected chi connectivity index (χ3v) is 6.16. The molecule has 3 aromatic rings. The summed E-state index contributed by atoms with van der Waals surface area (Å²) in [5.41, 5.74) is 2.06. The zero-order valence-electron chi connectivity index (χ0n) is 14.3. The van der Waals surface area contributed by atoms with E-state index >= 15 is 0 Å². The fraction of sp³-hybridized carbons (Fsp3) is 0.300. The van der Waals surface area contributed by atoms with Gasteiger partial charge >= 0.3 is 5.69 Å². The third kappa shape index (κ3) is 3.05. The Balaban J connectivity index is 1.80. The average Bonchev–Trinajstić information content (AvgIpc) is 3.55. The van der Waals surface area contributed by atoms with E-state index in [0.29, 0.717) is 28.9 Å². The fourth-order valence-corrected chi connectivity index (χ4v) is 4.32. The number of anilines is 1. The van der Waals surface area contributed by atoms with Crippen molar-refractivity contribution in [2.24, 2.45) is 0 Å². The highest BCUT2D eigenvalue weighted by atomic mass is 79.9. The van der Waals surface area contributed by atoms with Crippen molar-refractivity contribution in [1.29, 1.82) is 0 Å². The Labute approximate surface area is 168 Å². The third-order valence-electron chi connectivity index (χ3n) is 5.15. The number of alkyl halides is 1. The smallest absolute Gasteiger partial charge is 0.354 e. The number of benzene rings is 2. The molecule has 138 valence electrons. The van der Waals surface area contributed by atoms with E-state index in [4.69, 9.17) is 11.6 Å². The van der Waals surface area contributed by atoms with Crippen LogP contribution in [0.4, 0.5) is 10.2 Å². The lowest BCUT2D eigenvalue weighted by molar-refractivity contribution is 0.472. The van der Waals surface area contributed by atoms with Gasteiger partial charge in [-0.2, -0.15) is 4.98 Å². The molecular formula is C20H16BrClFN3O. The van der Waals surface area contributed by atoms with E-state index in [9.17, 15) is 9.18 Å². The summed E-state index contributed by atoms with van der Waals surface area (Å²) >= 11 is 10.0. The van der Waals surface area contributed by atoms with Gasteiger partial charge in [0.05, 0.1) is 22.3 Å². The minimum atomic E-state index is -0.887. The van der Waals surface area contributed by atoms with Crippen LogP contribution in [0.15, 0.2) is 45.7 Å². The molecule has 1 heterocycles. The molecule has 0 aliphatic heterocycles. The van der Waals surface area contributed by atoms with E-state index in [1.54, 1.807) is 16.7 Å². The van der Waals surface area contributed by atoms with Crippen LogP contribution in [0, 0.1) is 0 Å². The van der Waals surface area contributed by atoms with Crippen molar-refractivity contribution in [3.8, 4) is 5.69 Å². The highest BCUT2D eigenvalue weighted by molar-refractivity contribution is 9.10. The van der Waals surface area contributed by atoms with Crippen LogP contribution in [0.1, 0.15) is 30.7 Å². The number of para-hydroxylation sites is 1. The van der Waals surface area contributed by atoms with Crippen molar-refractivity contribution in [3.05, 3.63) is 61.9 Å². The summed E-state index contributed by atoms with van der Waals surface area (Å²) in [5, 5.41) is 4.33. The minimum Gasteiger partial charge on any atom is -0.364 e. The maximum atomic E-state index is 13.4. The molecule has 2 aromatic carbocycles. The first kappa shape index (κ1) is 17.2. The number of hydrogen-bond donors (Lipinski definition) is 1. The van der Waals surface area contributed by atoms with Crippen LogP contribution in [0.2, 0.25) is 5.02 Å². The molecule has 2 aliphatic carbocycles. The van der Waals surface area contributed by atoms with E-state index in [0.717, 1.165) is 28.2 Å². The van der Waals surface area contributed by atoms with Crippen molar-refractivity contribution in [2.45, 2.75) is 37.4 Å². The van der Waals surface area contributed by atoms with Crippen LogP contribution in [0.3, 0.4) is 0 Å². The van der Waals surface area contributed by atoms with Gasteiger partial charge in [0.25, 0.3) is 0 Å². The van der Waals surface area contributed by atoms with E-state index in [1.807, 2.05) is 24.3 Å². The number of nitrogens with one attached hydrogen (secondary N) is 1. The van der Waals surface area contributed by atoms with Gasteiger partial charge in [-0.25, -0.2) is 9.18 Å². The molecule has 2 aliphatic rings. The summed E-state index contributed by atoms with van der Waals surface area (Å²) in [5.74, 6) is 0.924. The van der Waals surface area contributed by atoms with Crippen LogP contribution in [0.25, 0.3) is 16.6 Å². The van der Waals surface area contributed by atoms with Gasteiger partial charge in [0.1, 0.15) is 12.0 Å². The number of hydrogen-bond acceptors (Lipinski definition) is 3. The normalized spacial score (nSPS) is 21.4. The highest BCUT2D eigenvalue weighted by Crippen LogP contribution is 2.45. The summed E-state index contributed by atoms with van der Waals surface area (Å²) in [6.45, 7) is 0. The SMILES string of the molecule is O=c1nc(NC2CC2F)c2cc(Br)c(C3CC3)cc2n1-c1ccccc1Cl. The Morgan fingerprint density at radius 1 is 1.26 bits per heavy atom. The van der Waals surface area contributed by atoms with Gasteiger partial charge in [-0.05, 0) is 48.6 Å². The Bertz CT molecular complexity index is 1130. The second kappa shape index (κ2) is 6.31. The van der Waals surface area contributed by atoms with E-state index in [2.05, 4.69) is 26.2 Å². The molecule has 0 radical (unpaired) electrons. The number of nitrogens with zero attached hydrogens (tertiary/aromatic N) is 2. The van der Waals surface area contributed by atoms with Gasteiger partial charge in [0.2, 0.25) is 0 Å². The van der Waals surface area contributed by atoms with E-state index in [1.165, 1.54) is 5.56 Å². The van der Waals surface area contributed by atoms with E-state index in [-0.39, 0.29) is 6.04 Å². The first-order valence-electron chi connectivity index (χ1n) is 8.94. The molecule has 27 heavy (non-hydrogen) atoms. The van der Waals surface area contributed by atoms with Crippen molar-refractivity contribution in [1.82, 2.24) is 9.55 Å². The van der Waals surface area contributed by atoms with Gasteiger partial charge in [-0.1, -0.05) is 39.7 Å². The molecule has 2 unspecified atom stereocenters. The second-order valence-corrected chi connectivity index (χ2v) is 8.46. The summed E-state index contributed by atoms with van der Waals surface area (Å²) < 4.78 is 15.9. The van der Waals surface area contributed by atoms with Crippen molar-refractivity contribution in [2.75, 3.05) is 5.32 Å². The van der Waals surface area contributed by atoms with Crippen LogP contribution < -0.4 is 11.0 Å². The molecule has 2 fully saturated rings. The largest absolute Gasteiger partial charge is 0.364 e. The lowest BCUT2D eigenvalue weighted by Crippen LogP contribution is -2.24. The lowest BCUT2D eigenvalue weighted by atomic mass is 10.1. The monoisotopic (exact) mass is 447 g/mol. The van der Waals surface area contributed by atoms with Gasteiger partial charge < -0.3 is 5.32 Å². The molecule has 0 spiro atoms. The number of fused-ring (bicyclic) bond motifs is 1. The van der Waals surface area contributed by atoms with Gasteiger partial charge in [-0.15, -0.1) is 0 Å². The molecule has 7 heteroatoms. The van der Waals surface area contributed by atoms with E-state index < -0.39 is 11.9 Å². The number of aromatic nitrogens is 2. The zero-order chi connectivity index (χ0) is 18.7. The van der Waals surface area contributed by atoms with Gasteiger partial charge in [0, 0.05) is 16.3 Å². The molecule has 1 N–H and O–H groups in total. The zero-order valence-corrected chi connectivity index (χ0v) is 16.6. The predicted molar refractivity (Wildman–Crippen MR) is 109 cm³/mol. The maximum Gasteiger partial charge on any atom is 0.354 e. The number of halogens is 3. The summed E-state index contributed by atoms with van der Waals surface area (Å²) in [6, 6.07) is 10.9. The standard InChI is InChI=1S/C20H16BrClFN3O/c21-13-7-12-18(8-11(13)10-5-6-10)26(17-4-2-1-3-14(17)22)20(27)25-19(12)24-16-9-15(16)23/h1-4,7-8,10,15-16H,5-6,9H2,(H,24,25,27). The quantitative estimate of drug-likeness (QED) is 0.597. The summed E-state index contributed by atoms with van der Waals surface area (Å²) in [6.07, 6.45) is 1.84. The molecule has 2 atom stereocenters. The molecule has 2 saturated carbocycles. The highest BCUT2D eigenvalue weighted by Gasteiger charge is 2.38. The van der Waals surface area contributed by atoms with Crippen molar-refractivity contribution < 1.29 is 4.39 Å². The summed E-state index contributed by atoms with van der Waals surface area (Å²) in [7, 11) is 0. The Hall–Kier alpha value is -1.92. The maximum absolute atomic E-state index is 13.4. The van der Waals surface area contributed by atoms with Crippen LogP contribution >= 0.6 is 27.5 Å². The van der Waals surface area contributed by atoms with Crippen molar-refractivity contribution >= 4 is 44.3 Å². The molecule has 1 aromatic heterocycles. The lowest BCUT2D eigenvalue weighted by Gasteiger charge is -2.16. The second-order valence-electron chi connectivity index (χ2n) is 7.20. The van der Waals surface area contributed by atoms with Crippen LogP contribution in [0.5, 0.6) is 0 Å². The first-order valence-corrected chi connectivity index (χ1v) is 10.1. The van der Waals surface area contributed by atoms with Gasteiger partial charge in [0.15, 0.2) is 0 Å². The molecule has 0 bridgehead atoms. The predicted octanol–water partition coefficient (Wildman–Crippen LogP) is 5.20. The van der Waals surface area contributed by atoms with Gasteiger partial charge in [-0.3, -0.25) is 4.57 Å². The topological polar surface area (TPSA) is 46.9 Å². The fourth-order valence-electron chi connectivity index (χ4n) is 3.43. The molecule has 4 nitrogen and oxygen atoms in total. The molecule has 5 rings (SSSR count). The average molecular weight is 449 g/mol. The minimum absolute atomic E-state index is 0.279. The molecular weight excluding hydrogens is 433 g/mol. The Kier molecular flexibility index (Phi) is 4.02. The van der Waals surface area contributed by atoms with Crippen molar-refractivity contribution in [3.63, 3.8) is 0 Å². The Morgan fingerprint density at radius 2 is 2.00 bits per heavy atom. The summed E-state index contributed by atoms with van der Waals surface area (Å²) in [4.78, 5) is 17.1. The molecule has 0 amide bonds. The Morgan fingerprint density at radius 3 is 2.67 bits per heavy atom. The van der Waals surface area contributed by atoms with Crippen LogP contribution in [-0.4, -0.2) is 21.8 Å². The number of rotatable bonds is 4. The first-order chi connectivity index (χ1) is 13.0. The van der Waals surface area contributed by atoms with Crippen LogP contribution in [-0.2, 0) is 0 Å². The molecule has 0 saturated heterocycles.